The highest BCUT2D eigenvalue weighted by molar-refractivity contribution is 5.95. The molecular weight excluding hydrogens is 302 g/mol. The van der Waals surface area contributed by atoms with Gasteiger partial charge in [0.05, 0.1) is 0 Å². The Bertz CT molecular complexity index is 579. The molecule has 0 N–H and O–H groups in total. The highest BCUT2D eigenvalue weighted by Gasteiger charge is 2.35. The Kier molecular flexibility index (Phi) is 5.54. The van der Waals surface area contributed by atoms with Gasteiger partial charge in [-0.2, -0.15) is 0 Å². The van der Waals surface area contributed by atoms with E-state index in [0.717, 1.165) is 19.4 Å². The van der Waals surface area contributed by atoms with Crippen LogP contribution in [0, 0.1) is 5.92 Å². The van der Waals surface area contributed by atoms with Crippen LogP contribution >= 0.6 is 0 Å². The first-order valence-electron chi connectivity index (χ1n) is 9.24. The predicted molar refractivity (Wildman–Crippen MR) is 93.3 cm³/mol. The Hall–Kier alpha value is -1.84. The van der Waals surface area contributed by atoms with Crippen molar-refractivity contribution in [2.45, 2.75) is 57.9 Å². The van der Waals surface area contributed by atoms with Crippen molar-refractivity contribution >= 4 is 11.7 Å². The number of hydrogen-bond acceptors (Lipinski definition) is 3. The molecule has 2 atom stereocenters. The number of rotatable bonds is 5. The monoisotopic (exact) mass is 329 g/mol. The molecule has 1 aromatic carbocycles. The summed E-state index contributed by atoms with van der Waals surface area (Å²) in [5.74, 6) is 1.55. The second-order valence-corrected chi connectivity index (χ2v) is 6.93. The molecule has 24 heavy (non-hydrogen) atoms. The third-order valence-corrected chi connectivity index (χ3v) is 5.42. The lowest BCUT2D eigenvalue weighted by molar-refractivity contribution is -0.139. The topological polar surface area (TPSA) is 46.6 Å². The third-order valence-electron chi connectivity index (χ3n) is 5.42. The van der Waals surface area contributed by atoms with Gasteiger partial charge in [-0.05, 0) is 55.9 Å². The van der Waals surface area contributed by atoms with Crippen molar-refractivity contribution in [1.82, 2.24) is 4.90 Å². The van der Waals surface area contributed by atoms with Crippen LogP contribution < -0.4 is 4.74 Å². The summed E-state index contributed by atoms with van der Waals surface area (Å²) in [6.07, 6.45) is 7.83. The molecule has 4 heteroatoms. The summed E-state index contributed by atoms with van der Waals surface area (Å²) in [6.45, 7) is 2.81. The normalized spacial score (nSPS) is 23.5. The van der Waals surface area contributed by atoms with Crippen molar-refractivity contribution in [1.29, 1.82) is 0 Å². The molecule has 1 aliphatic heterocycles. The number of amides is 1. The van der Waals surface area contributed by atoms with E-state index in [1.54, 1.807) is 24.3 Å². The predicted octanol–water partition coefficient (Wildman–Crippen LogP) is 3.84. The number of hydrogen-bond donors (Lipinski definition) is 0. The summed E-state index contributed by atoms with van der Waals surface area (Å²) in [5, 5.41) is 0. The van der Waals surface area contributed by atoms with Gasteiger partial charge in [0.25, 0.3) is 5.91 Å². The highest BCUT2D eigenvalue weighted by Crippen LogP contribution is 2.35. The second-order valence-electron chi connectivity index (χ2n) is 6.93. The maximum Gasteiger partial charge on any atom is 0.260 e. The molecule has 0 bridgehead atoms. The minimum absolute atomic E-state index is 0.0876. The SMILES string of the molecule is CCC(=O)c1ccc(OCC(=O)N2CCCC3CCCCC32)cc1. The van der Waals surface area contributed by atoms with E-state index in [-0.39, 0.29) is 18.3 Å². The summed E-state index contributed by atoms with van der Waals surface area (Å²) in [5.41, 5.74) is 0.692. The highest BCUT2D eigenvalue weighted by atomic mass is 16.5. The fourth-order valence-electron chi connectivity index (χ4n) is 4.10. The zero-order chi connectivity index (χ0) is 16.9. The molecule has 0 spiro atoms. The maximum absolute atomic E-state index is 12.6. The van der Waals surface area contributed by atoms with Crippen LogP contribution in [0.2, 0.25) is 0 Å². The number of ether oxygens (including phenoxy) is 1. The van der Waals surface area contributed by atoms with E-state index in [1.165, 1.54) is 25.7 Å². The fourth-order valence-corrected chi connectivity index (χ4v) is 4.10. The summed E-state index contributed by atoms with van der Waals surface area (Å²) in [4.78, 5) is 26.3. The minimum Gasteiger partial charge on any atom is -0.484 e. The molecule has 1 aromatic rings. The first-order chi connectivity index (χ1) is 11.7. The Morgan fingerprint density at radius 2 is 1.79 bits per heavy atom. The molecule has 2 aliphatic rings. The smallest absolute Gasteiger partial charge is 0.260 e. The van der Waals surface area contributed by atoms with Gasteiger partial charge in [0, 0.05) is 24.6 Å². The molecule has 0 aromatic heterocycles. The third kappa shape index (κ3) is 3.80. The molecule has 4 nitrogen and oxygen atoms in total. The zero-order valence-electron chi connectivity index (χ0n) is 14.5. The lowest BCUT2D eigenvalue weighted by Gasteiger charge is -2.44. The number of carbonyl (C=O) groups excluding carboxylic acids is 2. The van der Waals surface area contributed by atoms with Gasteiger partial charge in [0.1, 0.15) is 5.75 Å². The van der Waals surface area contributed by atoms with E-state index in [9.17, 15) is 9.59 Å². The fraction of sp³-hybridized carbons (Fsp3) is 0.600. The molecule has 2 unspecified atom stereocenters. The summed E-state index contributed by atoms with van der Waals surface area (Å²) < 4.78 is 5.67. The Morgan fingerprint density at radius 3 is 2.54 bits per heavy atom. The number of ketones is 1. The van der Waals surface area contributed by atoms with Crippen molar-refractivity contribution in [3.63, 3.8) is 0 Å². The van der Waals surface area contributed by atoms with E-state index in [0.29, 0.717) is 29.7 Å². The van der Waals surface area contributed by atoms with Gasteiger partial charge in [-0.15, -0.1) is 0 Å². The number of nitrogens with zero attached hydrogens (tertiary/aromatic N) is 1. The molecular formula is C20H27NO3. The minimum atomic E-state index is 0.0876. The number of Topliss-reactive ketones (excluding diaryl/α,β-unsaturated/α-hetero) is 1. The Morgan fingerprint density at radius 1 is 1.08 bits per heavy atom. The number of likely N-dealkylation sites (tertiary alicyclic amines) is 1. The van der Waals surface area contributed by atoms with Gasteiger partial charge < -0.3 is 9.64 Å². The van der Waals surface area contributed by atoms with E-state index in [4.69, 9.17) is 4.74 Å². The van der Waals surface area contributed by atoms with Crippen LogP contribution in [0.3, 0.4) is 0 Å². The molecule has 130 valence electrons. The van der Waals surface area contributed by atoms with Crippen LogP contribution in [-0.2, 0) is 4.79 Å². The van der Waals surface area contributed by atoms with Crippen LogP contribution in [0.25, 0.3) is 0 Å². The quantitative estimate of drug-likeness (QED) is 0.771. The lowest BCUT2D eigenvalue weighted by Crippen LogP contribution is -2.51. The van der Waals surface area contributed by atoms with Crippen molar-refractivity contribution in [3.8, 4) is 5.75 Å². The number of carbonyl (C=O) groups is 2. The van der Waals surface area contributed by atoms with Crippen LogP contribution in [0.15, 0.2) is 24.3 Å². The summed E-state index contributed by atoms with van der Waals surface area (Å²) in [7, 11) is 0. The van der Waals surface area contributed by atoms with Crippen molar-refractivity contribution in [3.05, 3.63) is 29.8 Å². The van der Waals surface area contributed by atoms with Gasteiger partial charge in [-0.1, -0.05) is 19.8 Å². The van der Waals surface area contributed by atoms with Crippen LogP contribution in [0.5, 0.6) is 5.75 Å². The number of piperidine rings is 1. The van der Waals surface area contributed by atoms with Crippen LogP contribution in [0.4, 0.5) is 0 Å². The average molecular weight is 329 g/mol. The molecule has 1 aliphatic carbocycles. The van der Waals surface area contributed by atoms with Crippen molar-refractivity contribution < 1.29 is 14.3 Å². The van der Waals surface area contributed by atoms with Crippen molar-refractivity contribution in [2.75, 3.05) is 13.2 Å². The molecule has 1 saturated carbocycles. The second kappa shape index (κ2) is 7.82. The van der Waals surface area contributed by atoms with E-state index in [2.05, 4.69) is 4.90 Å². The standard InChI is InChI=1S/C20H27NO3/c1-2-19(22)16-9-11-17(12-10-16)24-14-20(23)21-13-5-7-15-6-3-4-8-18(15)21/h9-12,15,18H,2-8,13-14H2,1H3. The summed E-state index contributed by atoms with van der Waals surface area (Å²) in [6, 6.07) is 7.51. The first kappa shape index (κ1) is 17.0. The average Bonchev–Trinajstić information content (AvgIpc) is 2.65. The summed E-state index contributed by atoms with van der Waals surface area (Å²) >= 11 is 0. The van der Waals surface area contributed by atoms with Crippen LogP contribution in [0.1, 0.15) is 62.2 Å². The maximum atomic E-state index is 12.6. The van der Waals surface area contributed by atoms with E-state index < -0.39 is 0 Å². The molecule has 3 rings (SSSR count). The van der Waals surface area contributed by atoms with Gasteiger partial charge >= 0.3 is 0 Å². The molecule has 1 heterocycles. The lowest BCUT2D eigenvalue weighted by atomic mass is 9.78. The van der Waals surface area contributed by atoms with Gasteiger partial charge in [-0.25, -0.2) is 0 Å². The first-order valence-corrected chi connectivity index (χ1v) is 9.24. The van der Waals surface area contributed by atoms with Crippen LogP contribution in [-0.4, -0.2) is 35.8 Å². The molecule has 1 amide bonds. The van der Waals surface area contributed by atoms with E-state index >= 15 is 0 Å². The number of fused-ring (bicyclic) bond motifs is 1. The van der Waals surface area contributed by atoms with Gasteiger partial charge in [0.15, 0.2) is 12.4 Å². The zero-order valence-corrected chi connectivity index (χ0v) is 14.5. The number of benzene rings is 1. The molecule has 1 saturated heterocycles. The van der Waals surface area contributed by atoms with Crippen molar-refractivity contribution in [2.24, 2.45) is 5.92 Å². The molecule has 2 fully saturated rings. The van der Waals surface area contributed by atoms with Gasteiger partial charge in [-0.3, -0.25) is 9.59 Å². The van der Waals surface area contributed by atoms with E-state index in [1.807, 2.05) is 6.92 Å². The Balaban J connectivity index is 1.55. The molecule has 0 radical (unpaired) electrons. The Labute approximate surface area is 144 Å². The van der Waals surface area contributed by atoms with Gasteiger partial charge in [0.2, 0.25) is 0 Å². The largest absolute Gasteiger partial charge is 0.484 e.